The summed E-state index contributed by atoms with van der Waals surface area (Å²) in [6.45, 7) is 1.60. The van der Waals surface area contributed by atoms with Crippen LogP contribution in [0.2, 0.25) is 0 Å². The van der Waals surface area contributed by atoms with Gasteiger partial charge in [0.1, 0.15) is 0 Å². The average molecular weight is 494 g/mol. The highest BCUT2D eigenvalue weighted by Gasteiger charge is 2.13. The van der Waals surface area contributed by atoms with Crippen LogP contribution in [0.3, 0.4) is 0 Å². The molecule has 1 N–H and O–H groups in total. The van der Waals surface area contributed by atoms with Gasteiger partial charge in [0.2, 0.25) is 0 Å². The van der Waals surface area contributed by atoms with Crippen molar-refractivity contribution in [2.45, 2.75) is 11.8 Å². The van der Waals surface area contributed by atoms with Crippen molar-refractivity contribution in [3.63, 3.8) is 0 Å². The lowest BCUT2D eigenvalue weighted by Crippen LogP contribution is -2.13. The molecule has 22 heavy (non-hydrogen) atoms. The standard InChI is InChI=1S/C15H13BrINO3S/c1-2-22(20,21)12-6-4-11(5-7-12)18-15(19)13-9-10(16)3-8-14(13)17/h3-9H,2H2,1H3,(H,18,19). The molecular weight excluding hydrogens is 481 g/mol. The number of carbonyl (C=O) groups excluding carboxylic acids is 1. The van der Waals surface area contributed by atoms with Gasteiger partial charge in [-0.05, 0) is 65.1 Å². The molecule has 0 atom stereocenters. The first kappa shape index (κ1) is 17.4. The van der Waals surface area contributed by atoms with Crippen LogP contribution < -0.4 is 5.32 Å². The van der Waals surface area contributed by atoms with Gasteiger partial charge in [-0.2, -0.15) is 0 Å². The number of hydrogen-bond acceptors (Lipinski definition) is 3. The number of rotatable bonds is 4. The molecule has 0 aliphatic carbocycles. The maximum absolute atomic E-state index is 12.3. The summed E-state index contributed by atoms with van der Waals surface area (Å²) in [6, 6.07) is 11.6. The van der Waals surface area contributed by atoms with Crippen LogP contribution in [-0.4, -0.2) is 20.1 Å². The molecule has 0 bridgehead atoms. The van der Waals surface area contributed by atoms with E-state index in [0.717, 1.165) is 8.04 Å². The van der Waals surface area contributed by atoms with Gasteiger partial charge in [0.05, 0.1) is 16.2 Å². The van der Waals surface area contributed by atoms with Crippen molar-refractivity contribution in [2.75, 3.05) is 11.1 Å². The molecule has 0 radical (unpaired) electrons. The minimum atomic E-state index is -3.23. The highest BCUT2D eigenvalue weighted by Crippen LogP contribution is 2.21. The molecule has 0 aliphatic heterocycles. The molecule has 4 nitrogen and oxygen atoms in total. The summed E-state index contributed by atoms with van der Waals surface area (Å²) in [4.78, 5) is 12.5. The Morgan fingerprint density at radius 1 is 1.18 bits per heavy atom. The van der Waals surface area contributed by atoms with E-state index >= 15 is 0 Å². The zero-order valence-electron chi connectivity index (χ0n) is 11.6. The fourth-order valence-electron chi connectivity index (χ4n) is 1.78. The average Bonchev–Trinajstić information content (AvgIpc) is 2.50. The third-order valence-electron chi connectivity index (χ3n) is 3.02. The Hall–Kier alpha value is -0.930. The van der Waals surface area contributed by atoms with Gasteiger partial charge < -0.3 is 5.32 Å². The fourth-order valence-corrected chi connectivity index (χ4v) is 3.61. The molecule has 0 spiro atoms. The van der Waals surface area contributed by atoms with Gasteiger partial charge >= 0.3 is 0 Å². The van der Waals surface area contributed by atoms with Gasteiger partial charge in [0.15, 0.2) is 9.84 Å². The van der Waals surface area contributed by atoms with E-state index in [1.165, 1.54) is 12.1 Å². The number of benzene rings is 2. The predicted octanol–water partition coefficient (Wildman–Crippen LogP) is 4.10. The highest BCUT2D eigenvalue weighted by atomic mass is 127. The second-order valence-electron chi connectivity index (χ2n) is 4.51. The van der Waals surface area contributed by atoms with Crippen LogP contribution in [0, 0.1) is 3.57 Å². The lowest BCUT2D eigenvalue weighted by molar-refractivity contribution is 0.102. The second kappa shape index (κ2) is 7.10. The summed E-state index contributed by atoms with van der Waals surface area (Å²) < 4.78 is 25.1. The number of nitrogens with one attached hydrogen (secondary N) is 1. The van der Waals surface area contributed by atoms with E-state index in [2.05, 4.69) is 43.8 Å². The van der Waals surface area contributed by atoms with Crippen molar-refractivity contribution in [2.24, 2.45) is 0 Å². The fraction of sp³-hybridized carbons (Fsp3) is 0.133. The van der Waals surface area contributed by atoms with Crippen molar-refractivity contribution in [3.8, 4) is 0 Å². The summed E-state index contributed by atoms with van der Waals surface area (Å²) in [7, 11) is -3.23. The van der Waals surface area contributed by atoms with Gasteiger partial charge in [0, 0.05) is 13.7 Å². The smallest absolute Gasteiger partial charge is 0.256 e. The normalized spacial score (nSPS) is 11.2. The molecule has 116 valence electrons. The Labute approximate surface area is 151 Å². The van der Waals surface area contributed by atoms with Crippen LogP contribution in [-0.2, 0) is 9.84 Å². The number of amides is 1. The van der Waals surface area contributed by atoms with E-state index in [0.29, 0.717) is 11.3 Å². The molecule has 0 heterocycles. The largest absolute Gasteiger partial charge is 0.322 e. The van der Waals surface area contributed by atoms with Crippen molar-refractivity contribution in [3.05, 3.63) is 56.1 Å². The molecule has 0 fully saturated rings. The predicted molar refractivity (Wildman–Crippen MR) is 99.0 cm³/mol. The summed E-state index contributed by atoms with van der Waals surface area (Å²) in [6.07, 6.45) is 0. The Balaban J connectivity index is 2.21. The molecule has 1 amide bonds. The number of halogens is 2. The third kappa shape index (κ3) is 4.08. The first-order valence-electron chi connectivity index (χ1n) is 6.42. The summed E-state index contributed by atoms with van der Waals surface area (Å²) in [5, 5.41) is 2.76. The Morgan fingerprint density at radius 2 is 1.82 bits per heavy atom. The SMILES string of the molecule is CCS(=O)(=O)c1ccc(NC(=O)c2cc(Br)ccc2I)cc1. The molecule has 0 saturated heterocycles. The van der Waals surface area contributed by atoms with Crippen molar-refractivity contribution >= 4 is 60.0 Å². The van der Waals surface area contributed by atoms with Crippen molar-refractivity contribution in [1.29, 1.82) is 0 Å². The topological polar surface area (TPSA) is 63.2 Å². The number of anilines is 1. The third-order valence-corrected chi connectivity index (χ3v) is 6.21. The molecule has 0 aliphatic rings. The van der Waals surface area contributed by atoms with Crippen LogP contribution in [0.4, 0.5) is 5.69 Å². The van der Waals surface area contributed by atoms with Crippen LogP contribution in [0.1, 0.15) is 17.3 Å². The van der Waals surface area contributed by atoms with Gasteiger partial charge in [-0.25, -0.2) is 8.42 Å². The van der Waals surface area contributed by atoms with Gasteiger partial charge in [-0.1, -0.05) is 22.9 Å². The summed E-state index contributed by atoms with van der Waals surface area (Å²) in [5.74, 6) is -0.189. The first-order chi connectivity index (χ1) is 10.3. The molecule has 7 heteroatoms. The van der Waals surface area contributed by atoms with Crippen LogP contribution in [0.15, 0.2) is 51.8 Å². The minimum absolute atomic E-state index is 0.0505. The number of carbonyl (C=O) groups is 1. The molecule has 2 rings (SSSR count). The van der Waals surface area contributed by atoms with Crippen molar-refractivity contribution in [1.82, 2.24) is 0 Å². The lowest BCUT2D eigenvalue weighted by atomic mass is 10.2. The maximum atomic E-state index is 12.3. The van der Waals surface area contributed by atoms with Gasteiger partial charge in [-0.3, -0.25) is 4.79 Å². The quantitative estimate of drug-likeness (QED) is 0.652. The number of sulfone groups is 1. The van der Waals surface area contributed by atoms with Crippen LogP contribution in [0.5, 0.6) is 0 Å². The van der Waals surface area contributed by atoms with Crippen LogP contribution in [0.25, 0.3) is 0 Å². The zero-order valence-corrected chi connectivity index (χ0v) is 16.2. The molecule has 0 aromatic heterocycles. The Morgan fingerprint density at radius 3 is 2.41 bits per heavy atom. The summed E-state index contributed by atoms with van der Waals surface area (Å²) in [5.41, 5.74) is 1.11. The van der Waals surface area contributed by atoms with Crippen LogP contribution >= 0.6 is 38.5 Å². The Bertz CT molecular complexity index is 804. The minimum Gasteiger partial charge on any atom is -0.322 e. The van der Waals surface area contributed by atoms with Crippen molar-refractivity contribution < 1.29 is 13.2 Å². The molecule has 0 saturated carbocycles. The monoisotopic (exact) mass is 493 g/mol. The number of hydrogen-bond donors (Lipinski definition) is 1. The van der Waals surface area contributed by atoms with Gasteiger partial charge in [-0.15, -0.1) is 0 Å². The summed E-state index contributed by atoms with van der Waals surface area (Å²) >= 11 is 5.43. The first-order valence-corrected chi connectivity index (χ1v) is 9.95. The van der Waals surface area contributed by atoms with E-state index in [4.69, 9.17) is 0 Å². The zero-order chi connectivity index (χ0) is 16.3. The molecule has 0 unspecified atom stereocenters. The molecular formula is C15H13BrINO3S. The molecule has 2 aromatic rings. The van der Waals surface area contributed by atoms with E-state index in [9.17, 15) is 13.2 Å². The lowest BCUT2D eigenvalue weighted by Gasteiger charge is -2.08. The highest BCUT2D eigenvalue weighted by molar-refractivity contribution is 14.1. The van der Waals surface area contributed by atoms with E-state index in [1.807, 2.05) is 12.1 Å². The maximum Gasteiger partial charge on any atom is 0.256 e. The van der Waals surface area contributed by atoms with E-state index in [1.54, 1.807) is 25.1 Å². The van der Waals surface area contributed by atoms with E-state index < -0.39 is 9.84 Å². The van der Waals surface area contributed by atoms with Gasteiger partial charge in [0.25, 0.3) is 5.91 Å². The Kier molecular flexibility index (Phi) is 5.62. The second-order valence-corrected chi connectivity index (χ2v) is 8.86. The molecule has 2 aromatic carbocycles. The van der Waals surface area contributed by atoms with E-state index in [-0.39, 0.29) is 16.6 Å².